The SMILES string of the molecule is O=Cc1ccnc(Nc2cccc(Br)n2)n1. The van der Waals surface area contributed by atoms with Crippen LogP contribution in [0.2, 0.25) is 0 Å². The van der Waals surface area contributed by atoms with Crippen LogP contribution in [0.4, 0.5) is 11.8 Å². The number of hydrogen-bond donors (Lipinski definition) is 1. The van der Waals surface area contributed by atoms with Gasteiger partial charge < -0.3 is 5.32 Å². The molecule has 2 aromatic heterocycles. The van der Waals surface area contributed by atoms with Gasteiger partial charge >= 0.3 is 0 Å². The van der Waals surface area contributed by atoms with Gasteiger partial charge in [-0.3, -0.25) is 4.79 Å². The number of anilines is 2. The Morgan fingerprint density at radius 3 is 2.88 bits per heavy atom. The summed E-state index contributed by atoms with van der Waals surface area (Å²) < 4.78 is 0.712. The van der Waals surface area contributed by atoms with Crippen molar-refractivity contribution in [2.45, 2.75) is 0 Å². The number of carbonyl (C=O) groups is 1. The van der Waals surface area contributed by atoms with Crippen molar-refractivity contribution in [3.05, 3.63) is 40.8 Å². The summed E-state index contributed by atoms with van der Waals surface area (Å²) in [4.78, 5) is 22.6. The van der Waals surface area contributed by atoms with Crippen molar-refractivity contribution < 1.29 is 4.79 Å². The van der Waals surface area contributed by atoms with Crippen molar-refractivity contribution in [2.24, 2.45) is 0 Å². The molecule has 5 nitrogen and oxygen atoms in total. The minimum absolute atomic E-state index is 0.326. The molecule has 80 valence electrons. The van der Waals surface area contributed by atoms with Crippen LogP contribution in [-0.2, 0) is 0 Å². The molecule has 0 aliphatic heterocycles. The van der Waals surface area contributed by atoms with Gasteiger partial charge in [0.1, 0.15) is 16.1 Å². The Morgan fingerprint density at radius 1 is 1.25 bits per heavy atom. The van der Waals surface area contributed by atoms with Crippen LogP contribution >= 0.6 is 15.9 Å². The van der Waals surface area contributed by atoms with Gasteiger partial charge in [0.2, 0.25) is 5.95 Å². The summed E-state index contributed by atoms with van der Waals surface area (Å²) in [6.45, 7) is 0. The molecule has 0 amide bonds. The molecule has 1 N–H and O–H groups in total. The Bertz CT molecular complexity index is 518. The third-order valence-electron chi connectivity index (χ3n) is 1.75. The van der Waals surface area contributed by atoms with Crippen LogP contribution in [0.3, 0.4) is 0 Å². The van der Waals surface area contributed by atoms with Crippen molar-refractivity contribution in [3.63, 3.8) is 0 Å². The molecule has 16 heavy (non-hydrogen) atoms. The van der Waals surface area contributed by atoms with E-state index in [1.807, 2.05) is 12.1 Å². The molecule has 0 unspecified atom stereocenters. The Morgan fingerprint density at radius 2 is 2.12 bits per heavy atom. The van der Waals surface area contributed by atoms with Gasteiger partial charge in [-0.15, -0.1) is 0 Å². The van der Waals surface area contributed by atoms with Gasteiger partial charge in [-0.25, -0.2) is 15.0 Å². The van der Waals surface area contributed by atoms with Crippen molar-refractivity contribution in [1.82, 2.24) is 15.0 Å². The summed E-state index contributed by atoms with van der Waals surface area (Å²) in [6, 6.07) is 6.96. The second kappa shape index (κ2) is 4.80. The first-order valence-corrected chi connectivity index (χ1v) is 5.25. The Kier molecular flexibility index (Phi) is 3.21. The third kappa shape index (κ3) is 2.60. The van der Waals surface area contributed by atoms with Crippen molar-refractivity contribution in [1.29, 1.82) is 0 Å². The lowest BCUT2D eigenvalue weighted by molar-refractivity contribution is 0.111. The number of carbonyl (C=O) groups excluding carboxylic acids is 1. The van der Waals surface area contributed by atoms with E-state index in [1.54, 1.807) is 6.07 Å². The lowest BCUT2D eigenvalue weighted by Gasteiger charge is -2.03. The maximum atomic E-state index is 10.5. The number of halogens is 1. The van der Waals surface area contributed by atoms with E-state index >= 15 is 0 Å². The van der Waals surface area contributed by atoms with Crippen LogP contribution in [-0.4, -0.2) is 21.2 Å². The molecule has 2 aromatic rings. The molecule has 0 aromatic carbocycles. The van der Waals surface area contributed by atoms with Gasteiger partial charge in [0, 0.05) is 6.20 Å². The fraction of sp³-hybridized carbons (Fsp3) is 0. The summed E-state index contributed by atoms with van der Waals surface area (Å²) in [5.41, 5.74) is 0.326. The Hall–Kier alpha value is -1.82. The lowest BCUT2D eigenvalue weighted by Crippen LogP contribution is -2.00. The molecule has 0 aliphatic carbocycles. The maximum absolute atomic E-state index is 10.5. The van der Waals surface area contributed by atoms with Gasteiger partial charge in [-0.2, -0.15) is 0 Å². The highest BCUT2D eigenvalue weighted by molar-refractivity contribution is 9.10. The second-order valence-corrected chi connectivity index (χ2v) is 3.71. The first-order chi connectivity index (χ1) is 7.78. The van der Waals surface area contributed by atoms with Crippen LogP contribution in [0.5, 0.6) is 0 Å². The number of pyridine rings is 1. The number of hydrogen-bond acceptors (Lipinski definition) is 5. The van der Waals surface area contributed by atoms with Gasteiger partial charge in [0.25, 0.3) is 0 Å². The van der Waals surface area contributed by atoms with Crippen molar-refractivity contribution in [3.8, 4) is 0 Å². The van der Waals surface area contributed by atoms with E-state index in [2.05, 4.69) is 36.2 Å². The first kappa shape index (κ1) is 10.7. The summed E-state index contributed by atoms with van der Waals surface area (Å²) >= 11 is 3.26. The average Bonchev–Trinajstić information content (AvgIpc) is 2.29. The molecule has 6 heteroatoms. The van der Waals surface area contributed by atoms with Crippen LogP contribution in [0.25, 0.3) is 0 Å². The molecule has 2 rings (SSSR count). The van der Waals surface area contributed by atoms with E-state index in [0.717, 1.165) is 0 Å². The number of nitrogens with zero attached hydrogens (tertiary/aromatic N) is 3. The fourth-order valence-corrected chi connectivity index (χ4v) is 1.43. The van der Waals surface area contributed by atoms with Crippen LogP contribution < -0.4 is 5.32 Å². The van der Waals surface area contributed by atoms with Crippen LogP contribution in [0.1, 0.15) is 10.5 Å². The molecule has 0 radical (unpaired) electrons. The highest BCUT2D eigenvalue weighted by Crippen LogP contribution is 2.13. The Balaban J connectivity index is 2.23. The summed E-state index contributed by atoms with van der Waals surface area (Å²) in [7, 11) is 0. The second-order valence-electron chi connectivity index (χ2n) is 2.89. The number of nitrogens with one attached hydrogen (secondary N) is 1. The molecule has 0 saturated carbocycles. The highest BCUT2D eigenvalue weighted by atomic mass is 79.9. The molecule has 0 spiro atoms. The number of rotatable bonds is 3. The zero-order valence-corrected chi connectivity index (χ0v) is 9.68. The molecule has 0 saturated heterocycles. The average molecular weight is 279 g/mol. The minimum atomic E-state index is 0.326. The van der Waals surface area contributed by atoms with E-state index in [-0.39, 0.29) is 0 Å². The van der Waals surface area contributed by atoms with Crippen molar-refractivity contribution in [2.75, 3.05) is 5.32 Å². The predicted molar refractivity (Wildman–Crippen MR) is 62.6 cm³/mol. The molecular formula is C10H7BrN4O. The van der Waals surface area contributed by atoms with E-state index in [0.29, 0.717) is 28.3 Å². The van der Waals surface area contributed by atoms with Crippen LogP contribution in [0.15, 0.2) is 35.1 Å². The molecule has 2 heterocycles. The standard InChI is InChI=1S/C10H7BrN4O/c11-8-2-1-3-9(14-8)15-10-12-5-4-7(6-16)13-10/h1-6H,(H,12,13,14,15). The van der Waals surface area contributed by atoms with Crippen molar-refractivity contribution >= 4 is 34.0 Å². The summed E-state index contributed by atoms with van der Waals surface area (Å²) in [5, 5.41) is 2.90. The smallest absolute Gasteiger partial charge is 0.228 e. The maximum Gasteiger partial charge on any atom is 0.228 e. The summed E-state index contributed by atoms with van der Waals surface area (Å²) in [6.07, 6.45) is 2.18. The predicted octanol–water partition coefficient (Wildman–Crippen LogP) is 2.19. The lowest BCUT2D eigenvalue weighted by atomic mass is 10.4. The molecule has 0 fully saturated rings. The molecular weight excluding hydrogens is 272 g/mol. The topological polar surface area (TPSA) is 67.8 Å². The van der Waals surface area contributed by atoms with E-state index in [4.69, 9.17) is 0 Å². The van der Waals surface area contributed by atoms with E-state index < -0.39 is 0 Å². The largest absolute Gasteiger partial charge is 0.309 e. The Labute approximate surface area is 100 Å². The monoisotopic (exact) mass is 278 g/mol. The normalized spacial score (nSPS) is 9.81. The van der Waals surface area contributed by atoms with Gasteiger partial charge in [0.05, 0.1) is 0 Å². The molecule has 0 aliphatic rings. The fourth-order valence-electron chi connectivity index (χ4n) is 1.09. The quantitative estimate of drug-likeness (QED) is 0.689. The number of aldehydes is 1. The molecule has 0 atom stereocenters. The first-order valence-electron chi connectivity index (χ1n) is 4.46. The van der Waals surface area contributed by atoms with Gasteiger partial charge in [0.15, 0.2) is 6.29 Å². The molecule has 0 bridgehead atoms. The summed E-state index contributed by atoms with van der Waals surface area (Å²) in [5.74, 6) is 0.952. The zero-order valence-electron chi connectivity index (χ0n) is 8.09. The minimum Gasteiger partial charge on any atom is -0.309 e. The van der Waals surface area contributed by atoms with Gasteiger partial charge in [-0.05, 0) is 34.1 Å². The third-order valence-corrected chi connectivity index (χ3v) is 2.19. The zero-order chi connectivity index (χ0) is 11.4. The number of aromatic nitrogens is 3. The van der Waals surface area contributed by atoms with Crippen LogP contribution in [0, 0.1) is 0 Å². The van der Waals surface area contributed by atoms with E-state index in [9.17, 15) is 4.79 Å². The highest BCUT2D eigenvalue weighted by Gasteiger charge is 2.00. The van der Waals surface area contributed by atoms with Gasteiger partial charge in [-0.1, -0.05) is 6.07 Å². The van der Waals surface area contributed by atoms with E-state index in [1.165, 1.54) is 12.3 Å².